The van der Waals surface area contributed by atoms with Crippen LogP contribution in [0.2, 0.25) is 0 Å². The second-order valence-corrected chi connectivity index (χ2v) is 8.90. The van der Waals surface area contributed by atoms with Gasteiger partial charge in [0, 0.05) is 18.5 Å². The number of hydrogen-bond acceptors (Lipinski definition) is 5. The third-order valence-corrected chi connectivity index (χ3v) is 4.50. The number of benzene rings is 1. The first-order valence-electron chi connectivity index (χ1n) is 7.89. The van der Waals surface area contributed by atoms with E-state index in [-0.39, 0.29) is 18.1 Å². The van der Waals surface area contributed by atoms with Gasteiger partial charge in [0.05, 0.1) is 12.9 Å². The van der Waals surface area contributed by atoms with Gasteiger partial charge in [-0.15, -0.1) is 0 Å². The number of carbonyl (C=O) groups excluding carboxylic acids is 1. The highest BCUT2D eigenvalue weighted by atomic mass is 32.2. The van der Waals surface area contributed by atoms with Gasteiger partial charge < -0.3 is 9.64 Å². The predicted molar refractivity (Wildman–Crippen MR) is 91.3 cm³/mol. The topological polar surface area (TPSA) is 72.9 Å². The Labute approximate surface area is 143 Å². The lowest BCUT2D eigenvalue weighted by Crippen LogP contribution is -2.62. The molecule has 0 bridgehead atoms. The lowest BCUT2D eigenvalue weighted by molar-refractivity contribution is -0.0141. The maximum atomic E-state index is 12.2. The van der Waals surface area contributed by atoms with E-state index in [4.69, 9.17) is 8.92 Å². The van der Waals surface area contributed by atoms with Crippen LogP contribution in [-0.4, -0.2) is 51.0 Å². The number of hydrogen-bond donors (Lipinski definition) is 0. The molecular formula is C17H25NO5S. The Morgan fingerprint density at radius 2 is 1.79 bits per heavy atom. The van der Waals surface area contributed by atoms with Crippen LogP contribution >= 0.6 is 0 Å². The fourth-order valence-corrected chi connectivity index (χ4v) is 3.19. The smallest absolute Gasteiger partial charge is 0.410 e. The second-order valence-electron chi connectivity index (χ2n) is 7.26. The Morgan fingerprint density at radius 3 is 2.29 bits per heavy atom. The summed E-state index contributed by atoms with van der Waals surface area (Å²) in [5, 5.41) is 0. The molecule has 1 aromatic rings. The van der Waals surface area contributed by atoms with Gasteiger partial charge in [0.2, 0.25) is 0 Å². The molecule has 0 atom stereocenters. The number of rotatable bonds is 5. The summed E-state index contributed by atoms with van der Waals surface area (Å²) in [7, 11) is -3.47. The van der Waals surface area contributed by atoms with Crippen molar-refractivity contribution < 1.29 is 22.1 Å². The minimum Gasteiger partial charge on any atom is -0.444 e. The Hall–Kier alpha value is -1.60. The highest BCUT2D eigenvalue weighted by Crippen LogP contribution is 2.38. The molecule has 0 radical (unpaired) electrons. The van der Waals surface area contributed by atoms with Crippen LogP contribution in [-0.2, 0) is 24.5 Å². The number of ether oxygens (including phenoxy) is 1. The number of likely N-dealkylation sites (tertiary alicyclic amines) is 1. The van der Waals surface area contributed by atoms with E-state index < -0.39 is 15.7 Å². The molecule has 0 N–H and O–H groups in total. The molecule has 6 nitrogen and oxygen atoms in total. The maximum Gasteiger partial charge on any atom is 0.410 e. The monoisotopic (exact) mass is 355 g/mol. The molecule has 1 aliphatic heterocycles. The van der Waals surface area contributed by atoms with E-state index in [1.165, 1.54) is 0 Å². The van der Waals surface area contributed by atoms with Crippen LogP contribution in [0.15, 0.2) is 30.3 Å². The zero-order valence-corrected chi connectivity index (χ0v) is 15.4. The van der Waals surface area contributed by atoms with Gasteiger partial charge in [-0.2, -0.15) is 8.42 Å². The molecule has 0 aliphatic carbocycles. The van der Waals surface area contributed by atoms with Crippen LogP contribution < -0.4 is 0 Å². The van der Waals surface area contributed by atoms with Gasteiger partial charge in [0.25, 0.3) is 10.1 Å². The standard InChI is InChI=1S/C17H25NO5S/c1-16(2,3)23-15(19)18-12-17(13-18,10-11-22-24(4,20)21)14-8-6-5-7-9-14/h5-9H,10-13H2,1-4H3. The van der Waals surface area contributed by atoms with Gasteiger partial charge in [-0.3, -0.25) is 4.18 Å². The molecule has 0 spiro atoms. The SMILES string of the molecule is CC(C)(C)OC(=O)N1CC(CCOS(C)(=O)=O)(c2ccccc2)C1. The van der Waals surface area contributed by atoms with E-state index in [1.807, 2.05) is 51.1 Å². The second kappa shape index (κ2) is 6.72. The molecule has 0 unspecified atom stereocenters. The van der Waals surface area contributed by atoms with Crippen LogP contribution in [0.1, 0.15) is 32.8 Å². The van der Waals surface area contributed by atoms with Gasteiger partial charge in [-0.25, -0.2) is 4.79 Å². The molecule has 1 amide bonds. The van der Waals surface area contributed by atoms with Gasteiger partial charge >= 0.3 is 6.09 Å². The molecule has 1 saturated heterocycles. The van der Waals surface area contributed by atoms with Crippen molar-refractivity contribution in [2.75, 3.05) is 26.0 Å². The Morgan fingerprint density at radius 1 is 1.21 bits per heavy atom. The zero-order valence-electron chi connectivity index (χ0n) is 14.6. The summed E-state index contributed by atoms with van der Waals surface area (Å²) in [6.45, 7) is 6.55. The van der Waals surface area contributed by atoms with Gasteiger partial charge in [0.15, 0.2) is 0 Å². The van der Waals surface area contributed by atoms with Crippen molar-refractivity contribution in [3.8, 4) is 0 Å². The molecule has 1 aromatic carbocycles. The average molecular weight is 355 g/mol. The van der Waals surface area contributed by atoms with Crippen molar-refractivity contribution in [3.63, 3.8) is 0 Å². The van der Waals surface area contributed by atoms with Crippen LogP contribution in [0.5, 0.6) is 0 Å². The fourth-order valence-electron chi connectivity index (χ4n) is 2.81. The van der Waals surface area contributed by atoms with Crippen molar-refractivity contribution in [3.05, 3.63) is 35.9 Å². The summed E-state index contributed by atoms with van der Waals surface area (Å²) in [4.78, 5) is 13.8. The predicted octanol–water partition coefficient (Wildman–Crippen LogP) is 2.54. The minimum absolute atomic E-state index is 0.0931. The van der Waals surface area contributed by atoms with Crippen LogP contribution in [0.25, 0.3) is 0 Å². The summed E-state index contributed by atoms with van der Waals surface area (Å²) in [6, 6.07) is 9.78. The normalized spacial score (nSPS) is 17.2. The van der Waals surface area contributed by atoms with Crippen LogP contribution in [0.3, 0.4) is 0 Å². The molecule has 134 valence electrons. The lowest BCUT2D eigenvalue weighted by Gasteiger charge is -2.50. The first-order chi connectivity index (χ1) is 11.0. The van der Waals surface area contributed by atoms with E-state index >= 15 is 0 Å². The molecular weight excluding hydrogens is 330 g/mol. The van der Waals surface area contributed by atoms with Crippen LogP contribution in [0, 0.1) is 0 Å². The molecule has 1 heterocycles. The molecule has 0 saturated carbocycles. The van der Waals surface area contributed by atoms with Gasteiger partial charge in [-0.05, 0) is 32.8 Å². The van der Waals surface area contributed by atoms with E-state index in [2.05, 4.69) is 0 Å². The molecule has 1 fully saturated rings. The summed E-state index contributed by atoms with van der Waals surface area (Å²) in [5.74, 6) is 0. The Balaban J connectivity index is 2.07. The van der Waals surface area contributed by atoms with Crippen molar-refractivity contribution in [2.45, 2.75) is 38.2 Å². The van der Waals surface area contributed by atoms with Crippen molar-refractivity contribution >= 4 is 16.2 Å². The average Bonchev–Trinajstić information content (AvgIpc) is 2.39. The summed E-state index contributed by atoms with van der Waals surface area (Å²) >= 11 is 0. The molecule has 7 heteroatoms. The van der Waals surface area contributed by atoms with Crippen molar-refractivity contribution in [2.24, 2.45) is 0 Å². The van der Waals surface area contributed by atoms with Gasteiger partial charge in [-0.1, -0.05) is 30.3 Å². The maximum absolute atomic E-state index is 12.2. The largest absolute Gasteiger partial charge is 0.444 e. The summed E-state index contributed by atoms with van der Waals surface area (Å²) < 4.78 is 32.7. The molecule has 2 rings (SSSR count). The Bertz CT molecular complexity index is 673. The summed E-state index contributed by atoms with van der Waals surface area (Å²) in [6.07, 6.45) is 1.21. The van der Waals surface area contributed by atoms with Gasteiger partial charge in [0.1, 0.15) is 5.60 Å². The fraction of sp³-hybridized carbons (Fsp3) is 0.588. The third-order valence-electron chi connectivity index (χ3n) is 3.90. The zero-order chi connectivity index (χ0) is 18.0. The van der Waals surface area contributed by atoms with E-state index in [1.54, 1.807) is 4.90 Å². The Kier molecular flexibility index (Phi) is 5.25. The third kappa shape index (κ3) is 4.95. The van der Waals surface area contributed by atoms with E-state index in [0.29, 0.717) is 19.5 Å². The summed E-state index contributed by atoms with van der Waals surface area (Å²) in [5.41, 5.74) is 0.228. The quantitative estimate of drug-likeness (QED) is 0.759. The van der Waals surface area contributed by atoms with E-state index in [9.17, 15) is 13.2 Å². The first-order valence-corrected chi connectivity index (χ1v) is 9.70. The molecule has 24 heavy (non-hydrogen) atoms. The molecule has 1 aliphatic rings. The van der Waals surface area contributed by atoms with Crippen LogP contribution in [0.4, 0.5) is 4.79 Å². The number of nitrogens with zero attached hydrogens (tertiary/aromatic N) is 1. The first kappa shape index (κ1) is 18.7. The highest BCUT2D eigenvalue weighted by Gasteiger charge is 2.47. The molecule has 0 aromatic heterocycles. The van der Waals surface area contributed by atoms with Crippen molar-refractivity contribution in [1.29, 1.82) is 0 Å². The number of carbonyl (C=O) groups is 1. The van der Waals surface area contributed by atoms with Crippen molar-refractivity contribution in [1.82, 2.24) is 4.90 Å². The highest BCUT2D eigenvalue weighted by molar-refractivity contribution is 7.85. The number of amides is 1. The van der Waals surface area contributed by atoms with E-state index in [0.717, 1.165) is 11.8 Å². The lowest BCUT2D eigenvalue weighted by atomic mass is 9.71. The minimum atomic E-state index is -3.47.